The number of aromatic amines is 2. The number of aryl methyl sites for hydroxylation is 2. The molecular formula is C21H22N4O2. The maximum Gasteiger partial charge on any atom is 0.240 e. The summed E-state index contributed by atoms with van der Waals surface area (Å²) in [5.74, 6) is 1.26. The van der Waals surface area contributed by atoms with Crippen molar-refractivity contribution in [3.05, 3.63) is 59.4 Å². The number of H-pyrrole nitrogens is 2. The summed E-state index contributed by atoms with van der Waals surface area (Å²) in [7, 11) is 0. The highest BCUT2D eigenvalue weighted by Crippen LogP contribution is 2.32. The van der Waals surface area contributed by atoms with E-state index in [1.807, 2.05) is 19.1 Å². The Balaban J connectivity index is 1.78. The van der Waals surface area contributed by atoms with Gasteiger partial charge < -0.3 is 9.47 Å². The van der Waals surface area contributed by atoms with Gasteiger partial charge in [0.05, 0.1) is 30.5 Å². The van der Waals surface area contributed by atoms with Gasteiger partial charge in [0.2, 0.25) is 11.8 Å². The number of aromatic nitrogens is 4. The van der Waals surface area contributed by atoms with Crippen LogP contribution < -0.4 is 9.47 Å². The summed E-state index contributed by atoms with van der Waals surface area (Å²) in [5, 5.41) is 14.3. The van der Waals surface area contributed by atoms with Gasteiger partial charge in [-0.25, -0.2) is 5.10 Å². The molecule has 4 rings (SSSR count). The molecule has 27 heavy (non-hydrogen) atoms. The fourth-order valence-electron chi connectivity index (χ4n) is 3.12. The molecule has 2 bridgehead atoms. The van der Waals surface area contributed by atoms with Crippen molar-refractivity contribution in [2.45, 2.75) is 20.3 Å². The Morgan fingerprint density at radius 2 is 1.89 bits per heavy atom. The third-order valence-electron chi connectivity index (χ3n) is 4.68. The van der Waals surface area contributed by atoms with Crippen LogP contribution in [0, 0.1) is 13.8 Å². The lowest BCUT2D eigenvalue weighted by atomic mass is 9.96. The molecule has 0 saturated heterocycles. The van der Waals surface area contributed by atoms with Crippen LogP contribution in [0.15, 0.2) is 37.1 Å². The normalized spacial score (nSPS) is 15.6. The first-order valence-corrected chi connectivity index (χ1v) is 8.96. The summed E-state index contributed by atoms with van der Waals surface area (Å²) >= 11 is 0. The third-order valence-corrected chi connectivity index (χ3v) is 4.68. The standard InChI is InChI=1S/C21H22N4O2/c1-13-5-7-16-11-18(13)14(2)6-8-17-15(3)23-25-20(17)26-9-4-10-27-21-19(16)12-22-24-21/h5-8,11-12H,2,4,9-10H2,1,3H3,(H,22,24)(H,23,25)/b8-6+. The van der Waals surface area contributed by atoms with E-state index in [0.29, 0.717) is 25.0 Å². The minimum absolute atomic E-state index is 0.516. The van der Waals surface area contributed by atoms with Crippen molar-refractivity contribution in [1.29, 1.82) is 0 Å². The second-order valence-corrected chi connectivity index (χ2v) is 6.62. The molecule has 3 aromatic rings. The fraction of sp³-hybridized carbons (Fsp3) is 0.238. The molecule has 0 spiro atoms. The summed E-state index contributed by atoms with van der Waals surface area (Å²) in [5.41, 5.74) is 7.03. The first-order chi connectivity index (χ1) is 13.1. The van der Waals surface area contributed by atoms with Gasteiger partial charge in [-0.1, -0.05) is 24.8 Å². The highest BCUT2D eigenvalue weighted by atomic mass is 16.5. The van der Waals surface area contributed by atoms with Crippen molar-refractivity contribution in [3.63, 3.8) is 0 Å². The van der Waals surface area contributed by atoms with Crippen molar-refractivity contribution < 1.29 is 9.47 Å². The maximum absolute atomic E-state index is 5.89. The van der Waals surface area contributed by atoms with Crippen molar-refractivity contribution in [3.8, 4) is 22.9 Å². The van der Waals surface area contributed by atoms with Crippen LogP contribution in [0.2, 0.25) is 0 Å². The first-order valence-electron chi connectivity index (χ1n) is 8.96. The van der Waals surface area contributed by atoms with E-state index in [9.17, 15) is 0 Å². The zero-order chi connectivity index (χ0) is 18.8. The topological polar surface area (TPSA) is 75.8 Å². The highest BCUT2D eigenvalue weighted by molar-refractivity contribution is 5.82. The molecule has 1 aliphatic heterocycles. The average Bonchev–Trinajstić information content (AvgIpc) is 3.26. The van der Waals surface area contributed by atoms with E-state index < -0.39 is 0 Å². The summed E-state index contributed by atoms with van der Waals surface area (Å²) in [6.07, 6.45) is 6.53. The minimum Gasteiger partial charge on any atom is -0.477 e. The smallest absolute Gasteiger partial charge is 0.240 e. The molecule has 138 valence electrons. The van der Waals surface area contributed by atoms with Crippen molar-refractivity contribution >= 4 is 11.6 Å². The number of rotatable bonds is 0. The third kappa shape index (κ3) is 3.38. The van der Waals surface area contributed by atoms with E-state index in [1.54, 1.807) is 6.20 Å². The second kappa shape index (κ2) is 7.15. The van der Waals surface area contributed by atoms with Gasteiger partial charge in [0, 0.05) is 12.1 Å². The number of hydrogen-bond donors (Lipinski definition) is 2. The van der Waals surface area contributed by atoms with Gasteiger partial charge in [0.25, 0.3) is 0 Å². The van der Waals surface area contributed by atoms with Gasteiger partial charge in [-0.3, -0.25) is 5.10 Å². The van der Waals surface area contributed by atoms with Crippen LogP contribution in [-0.4, -0.2) is 33.6 Å². The fourth-order valence-corrected chi connectivity index (χ4v) is 3.12. The van der Waals surface area contributed by atoms with Crippen molar-refractivity contribution in [2.24, 2.45) is 0 Å². The largest absolute Gasteiger partial charge is 0.477 e. The van der Waals surface area contributed by atoms with Crippen LogP contribution in [0.3, 0.4) is 0 Å². The molecule has 6 nitrogen and oxygen atoms in total. The highest BCUT2D eigenvalue weighted by Gasteiger charge is 2.13. The Bertz CT molecular complexity index is 1010. The van der Waals surface area contributed by atoms with Gasteiger partial charge >= 0.3 is 0 Å². The molecule has 6 heteroatoms. The number of nitrogens with zero attached hydrogens (tertiary/aromatic N) is 2. The zero-order valence-corrected chi connectivity index (χ0v) is 15.5. The summed E-state index contributed by atoms with van der Waals surface area (Å²) in [4.78, 5) is 0. The molecule has 0 fully saturated rings. The lowest BCUT2D eigenvalue weighted by molar-refractivity contribution is 0.237. The Morgan fingerprint density at radius 3 is 2.78 bits per heavy atom. The number of benzene rings is 1. The van der Waals surface area contributed by atoms with Crippen LogP contribution in [-0.2, 0) is 0 Å². The SMILES string of the molecule is C=C1/C=C/c2c(n[nH]c2C)OCCCOc2[nH]ncc2-c2ccc(C)c1c2. The summed E-state index contributed by atoms with van der Waals surface area (Å²) in [6.45, 7) is 9.35. The predicted molar refractivity (Wildman–Crippen MR) is 106 cm³/mol. The van der Waals surface area contributed by atoms with Gasteiger partial charge in [0.1, 0.15) is 0 Å². The molecule has 0 saturated carbocycles. The van der Waals surface area contributed by atoms with Crippen LogP contribution in [0.5, 0.6) is 11.8 Å². The van der Waals surface area contributed by atoms with Crippen LogP contribution >= 0.6 is 0 Å². The molecule has 2 aromatic heterocycles. The van der Waals surface area contributed by atoms with Gasteiger partial charge in [-0.2, -0.15) is 5.10 Å². The lowest BCUT2D eigenvalue weighted by Gasteiger charge is -2.10. The van der Waals surface area contributed by atoms with E-state index in [1.165, 1.54) is 0 Å². The van der Waals surface area contributed by atoms with E-state index >= 15 is 0 Å². The number of hydrogen-bond acceptors (Lipinski definition) is 4. The van der Waals surface area contributed by atoms with Crippen molar-refractivity contribution in [2.75, 3.05) is 13.2 Å². The molecule has 0 radical (unpaired) electrons. The minimum atomic E-state index is 0.516. The van der Waals surface area contributed by atoms with E-state index in [0.717, 1.165) is 45.5 Å². The predicted octanol–water partition coefficient (Wildman–Crippen LogP) is 4.30. The average molecular weight is 362 g/mol. The van der Waals surface area contributed by atoms with E-state index in [4.69, 9.17) is 9.47 Å². The molecule has 1 aliphatic rings. The monoisotopic (exact) mass is 362 g/mol. The van der Waals surface area contributed by atoms with Gasteiger partial charge in [-0.15, -0.1) is 5.10 Å². The second-order valence-electron chi connectivity index (χ2n) is 6.62. The molecular weight excluding hydrogens is 340 g/mol. The number of allylic oxidation sites excluding steroid dienone is 2. The summed E-state index contributed by atoms with van der Waals surface area (Å²) in [6, 6.07) is 6.29. The molecule has 1 aromatic carbocycles. The Hall–Kier alpha value is -3.28. The maximum atomic E-state index is 5.89. The number of nitrogens with one attached hydrogen (secondary N) is 2. The number of fused-ring (bicyclic) bond motifs is 5. The molecule has 0 atom stereocenters. The lowest BCUT2D eigenvalue weighted by Crippen LogP contribution is -2.06. The Kier molecular flexibility index (Phi) is 4.54. The summed E-state index contributed by atoms with van der Waals surface area (Å²) < 4.78 is 11.7. The molecule has 0 amide bonds. The van der Waals surface area contributed by atoms with E-state index in [2.05, 4.69) is 52.1 Å². The zero-order valence-electron chi connectivity index (χ0n) is 15.5. The van der Waals surface area contributed by atoms with Crippen LogP contribution in [0.25, 0.3) is 22.8 Å². The Morgan fingerprint density at radius 1 is 1.04 bits per heavy atom. The first kappa shape index (κ1) is 17.1. The molecule has 2 N–H and O–H groups in total. The Labute approximate surface area is 157 Å². The van der Waals surface area contributed by atoms with E-state index in [-0.39, 0.29) is 0 Å². The van der Waals surface area contributed by atoms with Crippen molar-refractivity contribution in [1.82, 2.24) is 20.4 Å². The van der Waals surface area contributed by atoms with Crippen LogP contribution in [0.1, 0.15) is 28.8 Å². The number of ether oxygens (including phenoxy) is 2. The quantitative estimate of drug-likeness (QED) is 0.625. The molecule has 0 unspecified atom stereocenters. The molecule has 3 heterocycles. The van der Waals surface area contributed by atoms with Gasteiger partial charge in [-0.05, 0) is 48.3 Å². The van der Waals surface area contributed by atoms with Gasteiger partial charge in [0.15, 0.2) is 0 Å². The van der Waals surface area contributed by atoms with Crippen LogP contribution in [0.4, 0.5) is 0 Å². The molecule has 0 aliphatic carbocycles.